The third-order valence-corrected chi connectivity index (χ3v) is 3.46. The lowest BCUT2D eigenvalue weighted by Crippen LogP contribution is -2.13. The highest BCUT2D eigenvalue weighted by Crippen LogP contribution is 2.18. The molecule has 0 aliphatic heterocycles. The highest BCUT2D eigenvalue weighted by Gasteiger charge is 2.15. The van der Waals surface area contributed by atoms with Gasteiger partial charge in [0.2, 0.25) is 5.22 Å². The van der Waals surface area contributed by atoms with Crippen LogP contribution in [0.1, 0.15) is 0 Å². The highest BCUT2D eigenvalue weighted by atomic mass is 35.5. The fourth-order valence-electron chi connectivity index (χ4n) is 1.14. The molecule has 3 N–H and O–H groups in total. The van der Waals surface area contributed by atoms with Crippen molar-refractivity contribution in [1.82, 2.24) is 5.16 Å². The van der Waals surface area contributed by atoms with E-state index in [2.05, 4.69) is 14.4 Å². The average molecular weight is 274 g/mol. The number of nitrogen functional groups attached to an aromatic ring is 1. The first kappa shape index (κ1) is 11.7. The van der Waals surface area contributed by atoms with Gasteiger partial charge in [-0.1, -0.05) is 5.16 Å². The van der Waals surface area contributed by atoms with Gasteiger partial charge in [-0.25, -0.2) is 8.42 Å². The molecule has 0 fully saturated rings. The number of sulfonamides is 1. The molecule has 0 aliphatic rings. The van der Waals surface area contributed by atoms with E-state index < -0.39 is 10.0 Å². The van der Waals surface area contributed by atoms with Crippen LogP contribution in [0.5, 0.6) is 0 Å². The largest absolute Gasteiger partial charge is 0.399 e. The van der Waals surface area contributed by atoms with Crippen molar-refractivity contribution in [2.45, 2.75) is 4.90 Å². The molecule has 1 heterocycles. The summed E-state index contributed by atoms with van der Waals surface area (Å²) in [6.07, 6.45) is 0. The van der Waals surface area contributed by atoms with Crippen molar-refractivity contribution in [1.29, 1.82) is 0 Å². The van der Waals surface area contributed by atoms with Crippen LogP contribution in [-0.4, -0.2) is 13.6 Å². The fourth-order valence-corrected chi connectivity index (χ4v) is 2.27. The molecule has 17 heavy (non-hydrogen) atoms. The van der Waals surface area contributed by atoms with E-state index in [-0.39, 0.29) is 15.9 Å². The predicted octanol–water partition coefficient (Wildman–Crippen LogP) is 1.71. The Morgan fingerprint density at radius 2 is 1.94 bits per heavy atom. The van der Waals surface area contributed by atoms with Crippen LogP contribution in [0.4, 0.5) is 11.5 Å². The van der Waals surface area contributed by atoms with Crippen molar-refractivity contribution < 1.29 is 12.9 Å². The minimum Gasteiger partial charge on any atom is -0.399 e. The lowest BCUT2D eigenvalue weighted by Gasteiger charge is -2.04. The van der Waals surface area contributed by atoms with Crippen LogP contribution >= 0.6 is 11.6 Å². The fraction of sp³-hybridized carbons (Fsp3) is 0. The van der Waals surface area contributed by atoms with Crippen LogP contribution in [0.2, 0.25) is 5.22 Å². The lowest BCUT2D eigenvalue weighted by atomic mass is 10.3. The van der Waals surface area contributed by atoms with Crippen molar-refractivity contribution in [3.8, 4) is 0 Å². The first-order valence-electron chi connectivity index (χ1n) is 4.48. The number of anilines is 2. The van der Waals surface area contributed by atoms with Crippen molar-refractivity contribution in [2.24, 2.45) is 0 Å². The van der Waals surface area contributed by atoms with Crippen LogP contribution in [0, 0.1) is 0 Å². The van der Waals surface area contributed by atoms with Crippen molar-refractivity contribution in [3.63, 3.8) is 0 Å². The number of hydrogen-bond acceptors (Lipinski definition) is 5. The van der Waals surface area contributed by atoms with Gasteiger partial charge in [0.05, 0.1) is 4.90 Å². The van der Waals surface area contributed by atoms with Gasteiger partial charge in [0.15, 0.2) is 5.82 Å². The summed E-state index contributed by atoms with van der Waals surface area (Å²) < 4.78 is 30.4. The number of nitrogens with zero attached hydrogens (tertiary/aromatic N) is 1. The Hall–Kier alpha value is -1.73. The van der Waals surface area contributed by atoms with Gasteiger partial charge in [0, 0.05) is 11.8 Å². The maximum Gasteiger partial charge on any atom is 0.263 e. The molecule has 2 rings (SSSR count). The van der Waals surface area contributed by atoms with Crippen LogP contribution in [0.3, 0.4) is 0 Å². The Balaban J connectivity index is 2.28. The quantitative estimate of drug-likeness (QED) is 0.830. The van der Waals surface area contributed by atoms with Crippen LogP contribution < -0.4 is 10.5 Å². The van der Waals surface area contributed by atoms with E-state index in [9.17, 15) is 8.42 Å². The summed E-state index contributed by atoms with van der Waals surface area (Å²) in [6.45, 7) is 0. The van der Waals surface area contributed by atoms with Gasteiger partial charge >= 0.3 is 0 Å². The van der Waals surface area contributed by atoms with Gasteiger partial charge in [0.1, 0.15) is 0 Å². The van der Waals surface area contributed by atoms with Gasteiger partial charge in [-0.05, 0) is 35.9 Å². The molecular weight excluding hydrogens is 266 g/mol. The Morgan fingerprint density at radius 3 is 2.47 bits per heavy atom. The lowest BCUT2D eigenvalue weighted by molar-refractivity contribution is 0.425. The Bertz CT molecular complexity index is 621. The minimum atomic E-state index is -3.70. The summed E-state index contributed by atoms with van der Waals surface area (Å²) in [4.78, 5) is 0.0748. The topological polar surface area (TPSA) is 98.2 Å². The zero-order valence-electron chi connectivity index (χ0n) is 8.42. The van der Waals surface area contributed by atoms with Crippen molar-refractivity contribution >= 4 is 33.1 Å². The molecule has 0 atom stereocenters. The van der Waals surface area contributed by atoms with E-state index in [0.717, 1.165) is 0 Å². The van der Waals surface area contributed by atoms with Crippen molar-refractivity contribution in [3.05, 3.63) is 35.6 Å². The normalized spacial score (nSPS) is 11.4. The summed E-state index contributed by atoms with van der Waals surface area (Å²) >= 11 is 5.48. The molecule has 0 amide bonds. The minimum absolute atomic E-state index is 0.00000567. The van der Waals surface area contributed by atoms with Gasteiger partial charge in [-0.2, -0.15) is 0 Å². The number of halogens is 1. The summed E-state index contributed by atoms with van der Waals surface area (Å²) in [5.41, 5.74) is 5.95. The van der Waals surface area contributed by atoms with E-state index in [1.165, 1.54) is 30.3 Å². The van der Waals surface area contributed by atoms with E-state index in [0.29, 0.717) is 5.69 Å². The summed E-state index contributed by atoms with van der Waals surface area (Å²) in [5, 5.41) is 3.42. The second-order valence-corrected chi connectivity index (χ2v) is 5.25. The second-order valence-electron chi connectivity index (χ2n) is 3.19. The van der Waals surface area contributed by atoms with Gasteiger partial charge in [-0.3, -0.25) is 4.72 Å². The number of rotatable bonds is 3. The van der Waals surface area contributed by atoms with E-state index in [1.807, 2.05) is 0 Å². The summed E-state index contributed by atoms with van der Waals surface area (Å²) in [5.74, 6) is 0.0202. The van der Waals surface area contributed by atoms with E-state index in [1.54, 1.807) is 0 Å². The van der Waals surface area contributed by atoms with Crippen LogP contribution in [0.25, 0.3) is 0 Å². The molecule has 0 unspecified atom stereocenters. The molecule has 90 valence electrons. The first-order chi connectivity index (χ1) is 7.97. The predicted molar refractivity (Wildman–Crippen MR) is 63.2 cm³/mol. The first-order valence-corrected chi connectivity index (χ1v) is 6.34. The van der Waals surface area contributed by atoms with Crippen molar-refractivity contribution in [2.75, 3.05) is 10.5 Å². The van der Waals surface area contributed by atoms with Gasteiger partial charge < -0.3 is 10.3 Å². The molecule has 0 aliphatic carbocycles. The van der Waals surface area contributed by atoms with E-state index >= 15 is 0 Å². The zero-order valence-corrected chi connectivity index (χ0v) is 9.99. The smallest absolute Gasteiger partial charge is 0.263 e. The van der Waals surface area contributed by atoms with Crippen LogP contribution in [0.15, 0.2) is 39.8 Å². The SMILES string of the molecule is Nc1ccc(S(=O)(=O)Nc2cc(Cl)on2)cc1. The number of nitrogens with one attached hydrogen (secondary N) is 1. The molecule has 8 heteroatoms. The zero-order chi connectivity index (χ0) is 12.5. The molecule has 1 aromatic heterocycles. The molecule has 1 aromatic carbocycles. The summed E-state index contributed by atoms with van der Waals surface area (Å²) in [6, 6.07) is 7.02. The number of nitrogens with two attached hydrogens (primary N) is 1. The van der Waals surface area contributed by atoms with Gasteiger partial charge in [-0.15, -0.1) is 0 Å². The Labute approximate surface area is 102 Å². The molecular formula is C9H8ClN3O3S. The molecule has 0 radical (unpaired) electrons. The highest BCUT2D eigenvalue weighted by molar-refractivity contribution is 7.92. The number of hydrogen-bond donors (Lipinski definition) is 2. The summed E-state index contributed by atoms with van der Waals surface area (Å²) in [7, 11) is -3.70. The Morgan fingerprint density at radius 1 is 1.29 bits per heavy atom. The Kier molecular flexibility index (Phi) is 2.95. The van der Waals surface area contributed by atoms with E-state index in [4.69, 9.17) is 17.3 Å². The molecule has 0 saturated heterocycles. The molecule has 2 aromatic rings. The van der Waals surface area contributed by atoms with Gasteiger partial charge in [0.25, 0.3) is 10.0 Å². The third kappa shape index (κ3) is 2.69. The monoisotopic (exact) mass is 273 g/mol. The molecule has 6 nitrogen and oxygen atoms in total. The second kappa shape index (κ2) is 4.27. The maximum atomic E-state index is 11.8. The number of aromatic nitrogens is 1. The maximum absolute atomic E-state index is 11.8. The average Bonchev–Trinajstić information content (AvgIpc) is 2.63. The number of benzene rings is 1. The third-order valence-electron chi connectivity index (χ3n) is 1.91. The standard InChI is InChI=1S/C9H8ClN3O3S/c10-8-5-9(12-16-8)13-17(14,15)7-3-1-6(11)2-4-7/h1-5H,11H2,(H,12,13). The molecule has 0 spiro atoms. The molecule has 0 bridgehead atoms. The molecule has 0 saturated carbocycles. The van der Waals surface area contributed by atoms with Crippen LogP contribution in [-0.2, 0) is 10.0 Å².